The van der Waals surface area contributed by atoms with E-state index < -0.39 is 6.10 Å². The van der Waals surface area contributed by atoms with Gasteiger partial charge in [-0.1, -0.05) is 366 Å². The Hall–Kier alpha value is -2.11. The number of hydrogen-bond acceptors (Lipinski definition) is 6. The van der Waals surface area contributed by atoms with E-state index in [9.17, 15) is 14.4 Å². The molecule has 0 aromatic carbocycles. The summed E-state index contributed by atoms with van der Waals surface area (Å²) in [6, 6.07) is 0. The lowest BCUT2D eigenvalue weighted by Crippen LogP contribution is -2.30. The van der Waals surface area contributed by atoms with Crippen LogP contribution in [0, 0.1) is 0 Å². The third kappa shape index (κ3) is 66.6. The second kappa shape index (κ2) is 68.4. The van der Waals surface area contributed by atoms with E-state index in [0.717, 1.165) is 83.5 Å². The Morgan fingerprint density at radius 2 is 0.481 bits per heavy atom. The first-order valence-corrected chi connectivity index (χ1v) is 35.8. The highest BCUT2D eigenvalue weighted by Crippen LogP contribution is 2.19. The Balaban J connectivity index is 4.20. The molecule has 0 amide bonds. The van der Waals surface area contributed by atoms with E-state index in [-0.39, 0.29) is 31.1 Å². The van der Waals surface area contributed by atoms with Gasteiger partial charge in [-0.3, -0.25) is 14.4 Å². The molecule has 1 atom stereocenters. The summed E-state index contributed by atoms with van der Waals surface area (Å²) in [7, 11) is 0. The summed E-state index contributed by atoms with van der Waals surface area (Å²) in [6.45, 7) is 6.65. The van der Waals surface area contributed by atoms with Crippen molar-refractivity contribution in [3.63, 3.8) is 0 Å². The quantitative estimate of drug-likeness (QED) is 0.0261. The van der Waals surface area contributed by atoms with Crippen LogP contribution in [0.5, 0.6) is 0 Å². The zero-order valence-electron chi connectivity index (χ0n) is 53.7. The van der Waals surface area contributed by atoms with Gasteiger partial charge in [-0.25, -0.2) is 0 Å². The minimum atomic E-state index is -0.774. The Morgan fingerprint density at radius 3 is 0.747 bits per heavy atom. The van der Waals surface area contributed by atoms with Crippen molar-refractivity contribution in [2.24, 2.45) is 0 Å². The van der Waals surface area contributed by atoms with Crippen molar-refractivity contribution in [2.75, 3.05) is 13.2 Å². The van der Waals surface area contributed by atoms with Gasteiger partial charge < -0.3 is 14.2 Å². The van der Waals surface area contributed by atoms with Crippen molar-refractivity contribution in [1.82, 2.24) is 0 Å². The fourth-order valence-electron chi connectivity index (χ4n) is 11.1. The number of esters is 3. The molecule has 0 aliphatic heterocycles. The normalized spacial score (nSPS) is 12.1. The van der Waals surface area contributed by atoms with Crippen molar-refractivity contribution in [1.29, 1.82) is 0 Å². The van der Waals surface area contributed by atoms with Gasteiger partial charge in [-0.05, 0) is 44.9 Å². The number of hydrogen-bond donors (Lipinski definition) is 0. The topological polar surface area (TPSA) is 78.9 Å². The van der Waals surface area contributed by atoms with Crippen LogP contribution in [-0.2, 0) is 28.6 Å². The van der Waals surface area contributed by atoms with Crippen LogP contribution in [-0.4, -0.2) is 37.2 Å². The summed E-state index contributed by atoms with van der Waals surface area (Å²) in [5.41, 5.74) is 0. The van der Waals surface area contributed by atoms with Gasteiger partial charge in [0.15, 0.2) is 6.10 Å². The number of allylic oxidation sites excluding steroid dienone is 4. The van der Waals surface area contributed by atoms with Crippen LogP contribution < -0.4 is 0 Å². The summed E-state index contributed by atoms with van der Waals surface area (Å²) in [5, 5.41) is 0. The summed E-state index contributed by atoms with van der Waals surface area (Å²) in [5.74, 6) is -0.851. The van der Waals surface area contributed by atoms with Crippen LogP contribution in [0.15, 0.2) is 24.3 Å². The Kier molecular flexibility index (Phi) is 66.6. The summed E-state index contributed by atoms with van der Waals surface area (Å²) in [6.07, 6.45) is 83.6. The van der Waals surface area contributed by atoms with E-state index in [1.165, 1.54) is 283 Å². The van der Waals surface area contributed by atoms with E-state index in [1.807, 2.05) is 0 Å². The molecule has 0 fully saturated rings. The predicted molar refractivity (Wildman–Crippen MR) is 344 cm³/mol. The van der Waals surface area contributed by atoms with Gasteiger partial charge in [0.2, 0.25) is 0 Å². The van der Waals surface area contributed by atoms with Gasteiger partial charge in [0, 0.05) is 19.3 Å². The summed E-state index contributed by atoms with van der Waals surface area (Å²) < 4.78 is 17.0. The molecule has 0 aliphatic rings. The molecule has 0 aliphatic carbocycles. The first-order chi connectivity index (χ1) is 39.0. The van der Waals surface area contributed by atoms with Gasteiger partial charge in [0.25, 0.3) is 0 Å². The first-order valence-electron chi connectivity index (χ1n) is 35.8. The van der Waals surface area contributed by atoms with E-state index in [2.05, 4.69) is 45.1 Å². The van der Waals surface area contributed by atoms with Crippen molar-refractivity contribution in [2.45, 2.75) is 412 Å². The standard InChI is InChI=1S/C73H138O6/c1-4-7-10-13-16-19-22-25-27-29-31-33-35-36-38-39-41-43-45-48-51-54-57-60-63-66-72(75)78-69-70(68-77-71(74)65-62-59-56-53-50-47-24-21-18-15-12-9-6-3)79-73(76)67-64-61-58-55-52-49-46-44-42-40-37-34-32-30-28-26-23-20-17-14-11-8-5-2/h12,15,21,24,70H,4-11,13-14,16-20,22-23,25-69H2,1-3H3/b15-12-,24-21-. The Labute approximate surface area is 493 Å². The van der Waals surface area contributed by atoms with Crippen LogP contribution in [0.3, 0.4) is 0 Å². The zero-order chi connectivity index (χ0) is 57.1. The van der Waals surface area contributed by atoms with E-state index in [1.54, 1.807) is 0 Å². The highest BCUT2D eigenvalue weighted by Gasteiger charge is 2.19. The molecule has 6 nitrogen and oxygen atoms in total. The van der Waals surface area contributed by atoms with Crippen molar-refractivity contribution < 1.29 is 28.6 Å². The second-order valence-electron chi connectivity index (χ2n) is 24.5. The molecule has 0 aromatic rings. The number of carbonyl (C=O) groups is 3. The molecule has 0 aromatic heterocycles. The van der Waals surface area contributed by atoms with Crippen LogP contribution >= 0.6 is 0 Å². The highest BCUT2D eigenvalue weighted by molar-refractivity contribution is 5.71. The van der Waals surface area contributed by atoms with Crippen molar-refractivity contribution in [3.8, 4) is 0 Å². The number of ether oxygens (including phenoxy) is 3. The van der Waals surface area contributed by atoms with E-state index >= 15 is 0 Å². The van der Waals surface area contributed by atoms with E-state index in [4.69, 9.17) is 14.2 Å². The largest absolute Gasteiger partial charge is 0.462 e. The third-order valence-corrected chi connectivity index (χ3v) is 16.4. The molecule has 6 heteroatoms. The molecule has 0 saturated carbocycles. The lowest BCUT2D eigenvalue weighted by atomic mass is 10.0. The minimum absolute atomic E-state index is 0.0693. The monoisotopic (exact) mass is 1110 g/mol. The molecule has 0 saturated heterocycles. The average Bonchev–Trinajstić information content (AvgIpc) is 3.45. The van der Waals surface area contributed by atoms with Crippen molar-refractivity contribution >= 4 is 17.9 Å². The smallest absolute Gasteiger partial charge is 0.306 e. The highest BCUT2D eigenvalue weighted by atomic mass is 16.6. The number of carbonyl (C=O) groups excluding carboxylic acids is 3. The fraction of sp³-hybridized carbons (Fsp3) is 0.904. The molecule has 0 radical (unpaired) electrons. The maximum Gasteiger partial charge on any atom is 0.306 e. The summed E-state index contributed by atoms with van der Waals surface area (Å²) in [4.78, 5) is 38.4. The van der Waals surface area contributed by atoms with Crippen LogP contribution in [0.25, 0.3) is 0 Å². The Morgan fingerprint density at radius 1 is 0.253 bits per heavy atom. The number of unbranched alkanes of at least 4 members (excludes halogenated alkanes) is 52. The molecule has 0 spiro atoms. The van der Waals surface area contributed by atoms with Gasteiger partial charge in [-0.15, -0.1) is 0 Å². The lowest BCUT2D eigenvalue weighted by molar-refractivity contribution is -0.167. The van der Waals surface area contributed by atoms with Crippen LogP contribution in [0.1, 0.15) is 406 Å². The molecule has 0 bridgehead atoms. The number of rotatable bonds is 67. The van der Waals surface area contributed by atoms with Crippen molar-refractivity contribution in [3.05, 3.63) is 24.3 Å². The lowest BCUT2D eigenvalue weighted by Gasteiger charge is -2.18. The molecule has 1 unspecified atom stereocenters. The second-order valence-corrected chi connectivity index (χ2v) is 24.5. The zero-order valence-corrected chi connectivity index (χ0v) is 53.7. The molecule has 466 valence electrons. The van der Waals surface area contributed by atoms with Gasteiger partial charge in [-0.2, -0.15) is 0 Å². The molecule has 79 heavy (non-hydrogen) atoms. The first kappa shape index (κ1) is 76.9. The molecular weight excluding hydrogens is 973 g/mol. The summed E-state index contributed by atoms with van der Waals surface area (Å²) >= 11 is 0. The van der Waals surface area contributed by atoms with Gasteiger partial charge in [0.05, 0.1) is 0 Å². The molecule has 0 heterocycles. The fourth-order valence-corrected chi connectivity index (χ4v) is 11.1. The SMILES string of the molecule is CCC/C=C\C/C=C\CCCCCCCC(=O)OCC(COC(=O)CCCCCCCCCCCCCCCCCCCCCCCCCCC)OC(=O)CCCCCCCCCCCCCCCCCCCCCCCCC. The molecule has 0 N–H and O–H groups in total. The average molecular weight is 1110 g/mol. The third-order valence-electron chi connectivity index (χ3n) is 16.4. The molecule has 0 rings (SSSR count). The van der Waals surface area contributed by atoms with Gasteiger partial charge in [0.1, 0.15) is 13.2 Å². The maximum absolute atomic E-state index is 13.0. The van der Waals surface area contributed by atoms with Gasteiger partial charge >= 0.3 is 17.9 Å². The molecular formula is C73H138O6. The van der Waals surface area contributed by atoms with E-state index in [0.29, 0.717) is 19.3 Å². The van der Waals surface area contributed by atoms with Crippen LogP contribution in [0.2, 0.25) is 0 Å². The predicted octanol–water partition coefficient (Wildman–Crippen LogP) is 24.6. The minimum Gasteiger partial charge on any atom is -0.462 e. The Bertz CT molecular complexity index is 1270. The maximum atomic E-state index is 13.0. The van der Waals surface area contributed by atoms with Crippen LogP contribution in [0.4, 0.5) is 0 Å².